The van der Waals surface area contributed by atoms with Crippen molar-refractivity contribution in [2.45, 2.75) is 6.92 Å². The third-order valence-corrected chi connectivity index (χ3v) is 2.94. The van der Waals surface area contributed by atoms with Crippen LogP contribution in [0.15, 0.2) is 24.5 Å². The van der Waals surface area contributed by atoms with Gasteiger partial charge in [0.2, 0.25) is 0 Å². The highest BCUT2D eigenvalue weighted by atomic mass is 35.5. The molecule has 0 atom stereocenters. The smallest absolute Gasteiger partial charge is 0.0929 e. The molecule has 16 heavy (non-hydrogen) atoms. The Kier molecular flexibility index (Phi) is 3.32. The number of imidazole rings is 1. The van der Waals surface area contributed by atoms with Crippen LogP contribution in [0.5, 0.6) is 0 Å². The Labute approximate surface area is 104 Å². The number of aromatic nitrogens is 2. The molecule has 0 bridgehead atoms. The van der Waals surface area contributed by atoms with Crippen molar-refractivity contribution in [2.75, 3.05) is 0 Å². The Morgan fingerprint density at radius 2 is 1.88 bits per heavy atom. The lowest BCUT2D eigenvalue weighted by Crippen LogP contribution is -1.79. The van der Waals surface area contributed by atoms with Crippen molar-refractivity contribution >= 4 is 35.4 Å². The molecule has 0 fully saturated rings. The summed E-state index contributed by atoms with van der Waals surface area (Å²) in [5.74, 6) is 0. The van der Waals surface area contributed by atoms with Crippen LogP contribution in [0.4, 0.5) is 0 Å². The molecule has 0 aliphatic carbocycles. The molecule has 0 radical (unpaired) electrons. The first-order valence-corrected chi connectivity index (χ1v) is 5.56. The molecule has 2 aromatic rings. The van der Waals surface area contributed by atoms with E-state index in [0.717, 1.165) is 17.0 Å². The molecule has 0 unspecified atom stereocenters. The average Bonchev–Trinajstić information content (AvgIpc) is 2.64. The van der Waals surface area contributed by atoms with Crippen molar-refractivity contribution < 1.29 is 0 Å². The second-order valence-corrected chi connectivity index (χ2v) is 4.20. The van der Waals surface area contributed by atoms with Crippen LogP contribution in [0.3, 0.4) is 0 Å². The van der Waals surface area contributed by atoms with Gasteiger partial charge in [0.15, 0.2) is 0 Å². The van der Waals surface area contributed by atoms with Gasteiger partial charge in [0.1, 0.15) is 0 Å². The molecule has 2 nitrogen and oxygen atoms in total. The second-order valence-electron chi connectivity index (χ2n) is 3.38. The molecule has 0 aliphatic rings. The summed E-state index contributed by atoms with van der Waals surface area (Å²) in [7, 11) is 0. The molecular weight excluding hydrogens is 243 g/mol. The zero-order chi connectivity index (χ0) is 11.5. The number of nitrogens with one attached hydrogen (secondary N) is 1. The lowest BCUT2D eigenvalue weighted by atomic mass is 10.2. The summed E-state index contributed by atoms with van der Waals surface area (Å²) in [6, 6.07) is 5.44. The maximum absolute atomic E-state index is 6.05. The Balaban J connectivity index is 2.34. The van der Waals surface area contributed by atoms with E-state index in [1.807, 2.05) is 37.3 Å². The first-order chi connectivity index (χ1) is 7.68. The molecule has 4 heteroatoms. The zero-order valence-electron chi connectivity index (χ0n) is 8.67. The molecule has 1 aromatic carbocycles. The number of nitrogens with zero attached hydrogens (tertiary/aromatic N) is 1. The number of rotatable bonds is 2. The lowest BCUT2D eigenvalue weighted by Gasteiger charge is -2.00. The van der Waals surface area contributed by atoms with Crippen LogP contribution >= 0.6 is 23.2 Å². The number of halogens is 2. The second kappa shape index (κ2) is 4.73. The fourth-order valence-electron chi connectivity index (χ4n) is 1.37. The maximum atomic E-state index is 6.05. The summed E-state index contributed by atoms with van der Waals surface area (Å²) >= 11 is 12.1. The zero-order valence-corrected chi connectivity index (χ0v) is 10.2. The van der Waals surface area contributed by atoms with Gasteiger partial charge < -0.3 is 4.98 Å². The van der Waals surface area contributed by atoms with Crippen LogP contribution in [0.1, 0.15) is 17.0 Å². The van der Waals surface area contributed by atoms with Gasteiger partial charge in [-0.25, -0.2) is 4.98 Å². The number of hydrogen-bond donors (Lipinski definition) is 1. The van der Waals surface area contributed by atoms with E-state index in [9.17, 15) is 0 Å². The van der Waals surface area contributed by atoms with Gasteiger partial charge in [0, 0.05) is 21.3 Å². The van der Waals surface area contributed by atoms with E-state index >= 15 is 0 Å². The van der Waals surface area contributed by atoms with E-state index in [2.05, 4.69) is 9.97 Å². The molecule has 0 spiro atoms. The first kappa shape index (κ1) is 11.2. The molecule has 0 aliphatic heterocycles. The van der Waals surface area contributed by atoms with Crippen LogP contribution in [0.2, 0.25) is 10.0 Å². The summed E-state index contributed by atoms with van der Waals surface area (Å²) in [5.41, 5.74) is 2.71. The third-order valence-electron chi connectivity index (χ3n) is 2.28. The van der Waals surface area contributed by atoms with E-state index in [1.165, 1.54) is 0 Å². The van der Waals surface area contributed by atoms with Gasteiger partial charge in [-0.15, -0.1) is 0 Å². The largest absolute Gasteiger partial charge is 0.348 e. The third kappa shape index (κ3) is 2.29. The van der Waals surface area contributed by atoms with Crippen LogP contribution in [0, 0.1) is 6.92 Å². The minimum atomic E-state index is 0.636. The van der Waals surface area contributed by atoms with E-state index in [0.29, 0.717) is 10.0 Å². The highest BCUT2D eigenvalue weighted by Crippen LogP contribution is 2.26. The number of hydrogen-bond acceptors (Lipinski definition) is 1. The number of benzene rings is 1. The van der Waals surface area contributed by atoms with Crippen LogP contribution in [0.25, 0.3) is 12.2 Å². The van der Waals surface area contributed by atoms with E-state index in [-0.39, 0.29) is 0 Å². The minimum Gasteiger partial charge on any atom is -0.348 e. The van der Waals surface area contributed by atoms with E-state index in [1.54, 1.807) is 6.33 Å². The summed E-state index contributed by atoms with van der Waals surface area (Å²) in [5, 5.41) is 1.27. The Bertz CT molecular complexity index is 509. The van der Waals surface area contributed by atoms with Gasteiger partial charge in [0.25, 0.3) is 0 Å². The molecule has 1 heterocycles. The van der Waals surface area contributed by atoms with Crippen LogP contribution in [-0.4, -0.2) is 9.97 Å². The van der Waals surface area contributed by atoms with Gasteiger partial charge in [-0.05, 0) is 31.2 Å². The highest BCUT2D eigenvalue weighted by molar-refractivity contribution is 6.37. The molecule has 0 saturated carbocycles. The minimum absolute atomic E-state index is 0.636. The summed E-state index contributed by atoms with van der Waals surface area (Å²) in [6.45, 7) is 1.96. The number of aromatic amines is 1. The van der Waals surface area contributed by atoms with Gasteiger partial charge in [-0.1, -0.05) is 29.3 Å². The van der Waals surface area contributed by atoms with Crippen LogP contribution < -0.4 is 0 Å². The fraction of sp³-hybridized carbons (Fsp3) is 0.0833. The monoisotopic (exact) mass is 252 g/mol. The van der Waals surface area contributed by atoms with Crippen molar-refractivity contribution in [2.24, 2.45) is 0 Å². The molecule has 2 rings (SSSR count). The Hall–Kier alpha value is -1.25. The van der Waals surface area contributed by atoms with E-state index in [4.69, 9.17) is 23.2 Å². The first-order valence-electron chi connectivity index (χ1n) is 4.80. The van der Waals surface area contributed by atoms with E-state index < -0.39 is 0 Å². The molecular formula is C12H10Cl2N2. The molecule has 1 N–H and O–H groups in total. The highest BCUT2D eigenvalue weighted by Gasteiger charge is 2.02. The quantitative estimate of drug-likeness (QED) is 0.853. The fourth-order valence-corrected chi connectivity index (χ4v) is 1.89. The molecule has 82 valence electrons. The summed E-state index contributed by atoms with van der Waals surface area (Å²) in [6.07, 6.45) is 5.41. The molecule has 0 amide bonds. The van der Waals surface area contributed by atoms with Gasteiger partial charge in [-0.2, -0.15) is 0 Å². The van der Waals surface area contributed by atoms with Crippen molar-refractivity contribution in [3.05, 3.63) is 51.5 Å². The van der Waals surface area contributed by atoms with Crippen molar-refractivity contribution in [1.82, 2.24) is 9.97 Å². The SMILES string of the molecule is Cc1[nH]cnc1C=Cc1c(Cl)cccc1Cl. The van der Waals surface area contributed by atoms with Crippen molar-refractivity contribution in [1.29, 1.82) is 0 Å². The van der Waals surface area contributed by atoms with Gasteiger partial charge in [-0.3, -0.25) is 0 Å². The van der Waals surface area contributed by atoms with Crippen molar-refractivity contribution in [3.8, 4) is 0 Å². The normalized spacial score (nSPS) is 11.2. The standard InChI is InChI=1S/C12H10Cl2N2/c1-8-12(16-7-15-8)6-5-9-10(13)3-2-4-11(9)14/h2-7H,1H3,(H,15,16). The lowest BCUT2D eigenvalue weighted by molar-refractivity contribution is 1.25. The number of H-pyrrole nitrogens is 1. The number of aryl methyl sites for hydroxylation is 1. The average molecular weight is 253 g/mol. The van der Waals surface area contributed by atoms with Crippen LogP contribution in [-0.2, 0) is 0 Å². The summed E-state index contributed by atoms with van der Waals surface area (Å²) in [4.78, 5) is 7.17. The predicted octanol–water partition coefficient (Wildman–Crippen LogP) is 4.20. The Morgan fingerprint density at radius 1 is 1.19 bits per heavy atom. The predicted molar refractivity (Wildman–Crippen MR) is 68.7 cm³/mol. The van der Waals surface area contributed by atoms with Gasteiger partial charge in [0.05, 0.1) is 12.0 Å². The topological polar surface area (TPSA) is 28.7 Å². The van der Waals surface area contributed by atoms with Crippen molar-refractivity contribution in [3.63, 3.8) is 0 Å². The summed E-state index contributed by atoms with van der Waals surface area (Å²) < 4.78 is 0. The molecule has 1 aromatic heterocycles. The maximum Gasteiger partial charge on any atom is 0.0929 e. The molecule has 0 saturated heterocycles. The van der Waals surface area contributed by atoms with Gasteiger partial charge >= 0.3 is 0 Å². The Morgan fingerprint density at radius 3 is 2.44 bits per heavy atom.